The zero-order valence-electron chi connectivity index (χ0n) is 15.6. The fourth-order valence-electron chi connectivity index (χ4n) is 3.34. The maximum atomic E-state index is 9.35. The minimum Gasteiger partial charge on any atom is -0.369 e. The van der Waals surface area contributed by atoms with Gasteiger partial charge in [0.05, 0.1) is 6.20 Å². The molecule has 0 aliphatic heterocycles. The van der Waals surface area contributed by atoms with Gasteiger partial charge in [-0.2, -0.15) is 10.2 Å². The molecule has 27 heavy (non-hydrogen) atoms. The van der Waals surface area contributed by atoms with E-state index in [0.717, 1.165) is 32.2 Å². The van der Waals surface area contributed by atoms with E-state index in [9.17, 15) is 5.26 Å². The minimum absolute atomic E-state index is 0.343. The van der Waals surface area contributed by atoms with Crippen molar-refractivity contribution in [1.29, 1.82) is 5.26 Å². The van der Waals surface area contributed by atoms with Gasteiger partial charge in [0.2, 0.25) is 5.95 Å². The van der Waals surface area contributed by atoms with E-state index in [1.165, 1.54) is 10.5 Å². The number of benzene rings is 1. The quantitative estimate of drug-likeness (QED) is 0.629. The van der Waals surface area contributed by atoms with Gasteiger partial charge in [0.15, 0.2) is 0 Å². The Balaban J connectivity index is 1.63. The molecule has 0 atom stereocenters. The van der Waals surface area contributed by atoms with Gasteiger partial charge < -0.3 is 16.4 Å². The molecule has 0 bridgehead atoms. The molecule has 3 rings (SSSR count). The second-order valence-corrected chi connectivity index (χ2v) is 7.74. The van der Waals surface area contributed by atoms with Gasteiger partial charge in [0.25, 0.3) is 0 Å². The van der Waals surface area contributed by atoms with E-state index >= 15 is 0 Å². The smallest absolute Gasteiger partial charge is 0.224 e. The van der Waals surface area contributed by atoms with E-state index in [-0.39, 0.29) is 0 Å². The highest BCUT2D eigenvalue weighted by molar-refractivity contribution is 7.98. The normalized spacial score (nSPS) is 19.3. The van der Waals surface area contributed by atoms with Gasteiger partial charge in [-0.25, -0.2) is 4.98 Å². The van der Waals surface area contributed by atoms with Crippen LogP contribution in [-0.4, -0.2) is 28.8 Å². The molecular weight excluding hydrogens is 356 g/mol. The van der Waals surface area contributed by atoms with Crippen molar-refractivity contribution < 1.29 is 0 Å². The number of rotatable bonds is 7. The molecule has 0 amide bonds. The molecule has 0 saturated heterocycles. The van der Waals surface area contributed by atoms with E-state index in [1.54, 1.807) is 18.0 Å². The summed E-state index contributed by atoms with van der Waals surface area (Å²) in [5.74, 6) is 1.71. The largest absolute Gasteiger partial charge is 0.369 e. The summed E-state index contributed by atoms with van der Waals surface area (Å²) in [6, 6.07) is 10.8. The van der Waals surface area contributed by atoms with Crippen LogP contribution in [0.2, 0.25) is 0 Å². The fourth-order valence-corrected chi connectivity index (χ4v) is 3.96. The summed E-state index contributed by atoms with van der Waals surface area (Å²) < 4.78 is 0. The summed E-state index contributed by atoms with van der Waals surface area (Å²) in [6.45, 7) is 1.45. The van der Waals surface area contributed by atoms with E-state index in [1.807, 2.05) is 12.1 Å². The standard InChI is InChI=1S/C20H26N6S/c1-27-18-5-3-2-4-15(18)12-24-20-25-13-16(10-21)19(26-20)23-11-14-6-8-17(22)9-7-14/h2-5,13-14,17H,6-9,11-12,22H2,1H3,(H2,23,24,25,26). The van der Waals surface area contributed by atoms with E-state index < -0.39 is 0 Å². The van der Waals surface area contributed by atoms with E-state index in [2.05, 4.69) is 45.1 Å². The Labute approximate surface area is 165 Å². The van der Waals surface area contributed by atoms with Crippen molar-refractivity contribution in [2.24, 2.45) is 11.7 Å². The van der Waals surface area contributed by atoms with E-state index in [0.29, 0.717) is 35.8 Å². The minimum atomic E-state index is 0.343. The first-order valence-electron chi connectivity index (χ1n) is 9.32. The van der Waals surface area contributed by atoms with Crippen LogP contribution in [0, 0.1) is 17.2 Å². The van der Waals surface area contributed by atoms with Crippen molar-refractivity contribution in [3.63, 3.8) is 0 Å². The van der Waals surface area contributed by atoms with Crippen molar-refractivity contribution in [3.8, 4) is 6.07 Å². The summed E-state index contributed by atoms with van der Waals surface area (Å²) >= 11 is 1.72. The summed E-state index contributed by atoms with van der Waals surface area (Å²) in [5, 5.41) is 16.0. The topological polar surface area (TPSA) is 99.7 Å². The second kappa shape index (κ2) is 9.58. The lowest BCUT2D eigenvalue weighted by molar-refractivity contribution is 0.338. The molecule has 6 nitrogen and oxygen atoms in total. The third-order valence-corrected chi connectivity index (χ3v) is 5.83. The summed E-state index contributed by atoms with van der Waals surface area (Å²) in [4.78, 5) is 10.0. The fraction of sp³-hybridized carbons (Fsp3) is 0.450. The van der Waals surface area contributed by atoms with Gasteiger partial charge in [0.1, 0.15) is 17.5 Å². The van der Waals surface area contributed by atoms with Gasteiger partial charge in [-0.05, 0) is 49.5 Å². The molecule has 1 aromatic carbocycles. The average molecular weight is 383 g/mol. The molecule has 1 fully saturated rings. The maximum Gasteiger partial charge on any atom is 0.224 e. The van der Waals surface area contributed by atoms with Crippen LogP contribution in [-0.2, 0) is 6.54 Å². The van der Waals surface area contributed by atoms with Crippen LogP contribution >= 0.6 is 11.8 Å². The highest BCUT2D eigenvalue weighted by atomic mass is 32.2. The predicted octanol–water partition coefficient (Wildman–Crippen LogP) is 3.61. The van der Waals surface area contributed by atoms with Gasteiger partial charge >= 0.3 is 0 Å². The molecule has 7 heteroatoms. The number of thioether (sulfide) groups is 1. The maximum absolute atomic E-state index is 9.35. The Bertz CT molecular complexity index is 795. The number of hydrogen-bond acceptors (Lipinski definition) is 7. The van der Waals surface area contributed by atoms with Crippen LogP contribution < -0.4 is 16.4 Å². The molecule has 2 aromatic rings. The van der Waals surface area contributed by atoms with Crippen LogP contribution in [0.25, 0.3) is 0 Å². The summed E-state index contributed by atoms with van der Waals surface area (Å²) in [7, 11) is 0. The molecule has 1 saturated carbocycles. The molecule has 1 aliphatic rings. The lowest BCUT2D eigenvalue weighted by atomic mass is 9.86. The zero-order chi connectivity index (χ0) is 19.1. The van der Waals surface area contributed by atoms with Crippen LogP contribution in [0.5, 0.6) is 0 Å². The van der Waals surface area contributed by atoms with Gasteiger partial charge in [-0.15, -0.1) is 11.8 Å². The van der Waals surface area contributed by atoms with Crippen molar-refractivity contribution in [1.82, 2.24) is 9.97 Å². The van der Waals surface area contributed by atoms with Crippen LogP contribution in [0.3, 0.4) is 0 Å². The lowest BCUT2D eigenvalue weighted by Crippen LogP contribution is -2.29. The molecule has 0 spiro atoms. The van der Waals surface area contributed by atoms with Crippen molar-refractivity contribution >= 4 is 23.5 Å². The first kappa shape index (κ1) is 19.5. The molecule has 4 N–H and O–H groups in total. The second-order valence-electron chi connectivity index (χ2n) is 6.89. The number of nitrogens with zero attached hydrogens (tertiary/aromatic N) is 3. The molecular formula is C20H26N6S. The highest BCUT2D eigenvalue weighted by Gasteiger charge is 2.19. The lowest BCUT2D eigenvalue weighted by Gasteiger charge is -2.26. The summed E-state index contributed by atoms with van der Waals surface area (Å²) in [5.41, 5.74) is 7.65. The number of nitrogens with two attached hydrogens (primary N) is 1. The Kier molecular flexibility index (Phi) is 6.91. The SMILES string of the molecule is CSc1ccccc1CNc1ncc(C#N)c(NCC2CCC(N)CC2)n1. The average Bonchev–Trinajstić information content (AvgIpc) is 2.72. The van der Waals surface area contributed by atoms with Gasteiger partial charge in [0, 0.05) is 24.0 Å². The van der Waals surface area contributed by atoms with Crippen molar-refractivity contribution in [2.75, 3.05) is 23.4 Å². The molecule has 0 unspecified atom stereocenters. The highest BCUT2D eigenvalue weighted by Crippen LogP contribution is 2.24. The molecule has 0 radical (unpaired) electrons. The Morgan fingerprint density at radius 3 is 2.74 bits per heavy atom. The molecule has 1 aliphatic carbocycles. The van der Waals surface area contributed by atoms with Crippen LogP contribution in [0.15, 0.2) is 35.4 Å². The summed E-state index contributed by atoms with van der Waals surface area (Å²) in [6.07, 6.45) is 8.04. The van der Waals surface area contributed by atoms with Gasteiger partial charge in [-0.1, -0.05) is 18.2 Å². The number of anilines is 2. The number of aromatic nitrogens is 2. The Morgan fingerprint density at radius 2 is 2.00 bits per heavy atom. The Hall–Kier alpha value is -2.30. The first-order chi connectivity index (χ1) is 13.2. The van der Waals surface area contributed by atoms with Gasteiger partial charge in [-0.3, -0.25) is 0 Å². The predicted molar refractivity (Wildman–Crippen MR) is 111 cm³/mol. The van der Waals surface area contributed by atoms with Crippen LogP contribution in [0.1, 0.15) is 36.8 Å². The van der Waals surface area contributed by atoms with Crippen molar-refractivity contribution in [2.45, 2.75) is 43.2 Å². The van der Waals surface area contributed by atoms with Crippen molar-refractivity contribution in [3.05, 3.63) is 41.6 Å². The zero-order valence-corrected chi connectivity index (χ0v) is 16.4. The molecule has 142 valence electrons. The third-order valence-electron chi connectivity index (χ3n) is 4.99. The number of hydrogen-bond donors (Lipinski definition) is 3. The number of nitriles is 1. The van der Waals surface area contributed by atoms with Crippen LogP contribution in [0.4, 0.5) is 11.8 Å². The van der Waals surface area contributed by atoms with E-state index in [4.69, 9.17) is 5.73 Å². The molecule has 1 aromatic heterocycles. The Morgan fingerprint density at radius 1 is 1.22 bits per heavy atom. The first-order valence-corrected chi connectivity index (χ1v) is 10.5. The molecule has 1 heterocycles. The number of nitrogens with one attached hydrogen (secondary N) is 2. The third kappa shape index (κ3) is 5.34. The monoisotopic (exact) mass is 382 g/mol.